The molecule has 1 aromatic heterocycles. The van der Waals surface area contributed by atoms with Crippen molar-refractivity contribution in [2.75, 3.05) is 0 Å². The van der Waals surface area contributed by atoms with Crippen LogP contribution >= 0.6 is 23.4 Å². The van der Waals surface area contributed by atoms with Crippen molar-refractivity contribution in [1.29, 1.82) is 0 Å². The number of nitrogens with zero attached hydrogens (tertiary/aromatic N) is 1. The summed E-state index contributed by atoms with van der Waals surface area (Å²) in [5.74, 6) is 0.258. The number of rotatable bonds is 2. The van der Waals surface area contributed by atoms with Crippen molar-refractivity contribution in [3.63, 3.8) is 0 Å². The van der Waals surface area contributed by atoms with E-state index >= 15 is 0 Å². The van der Waals surface area contributed by atoms with Crippen LogP contribution in [-0.2, 0) is 0 Å². The molecular weight excluding hydrogens is 230 g/mol. The van der Waals surface area contributed by atoms with E-state index in [1.807, 2.05) is 12.1 Å². The van der Waals surface area contributed by atoms with Crippen LogP contribution in [0.1, 0.15) is 0 Å². The van der Waals surface area contributed by atoms with E-state index in [4.69, 9.17) is 11.6 Å². The number of halogens is 1. The van der Waals surface area contributed by atoms with Gasteiger partial charge in [-0.25, -0.2) is 4.98 Å². The van der Waals surface area contributed by atoms with Gasteiger partial charge < -0.3 is 5.11 Å². The van der Waals surface area contributed by atoms with E-state index in [1.54, 1.807) is 30.5 Å². The molecule has 0 spiro atoms. The molecule has 0 radical (unpaired) electrons. The van der Waals surface area contributed by atoms with Crippen LogP contribution in [0, 0.1) is 0 Å². The molecule has 15 heavy (non-hydrogen) atoms. The molecule has 1 heterocycles. The highest BCUT2D eigenvalue weighted by atomic mass is 35.5. The second kappa shape index (κ2) is 4.55. The maximum atomic E-state index is 9.28. The van der Waals surface area contributed by atoms with Gasteiger partial charge in [0.2, 0.25) is 0 Å². The lowest BCUT2D eigenvalue weighted by atomic mass is 10.3. The molecule has 0 amide bonds. The third-order valence-electron chi connectivity index (χ3n) is 1.74. The largest absolute Gasteiger partial charge is 0.508 e. The summed E-state index contributed by atoms with van der Waals surface area (Å²) in [5, 5.41) is 10.8. The normalized spacial score (nSPS) is 10.2. The Morgan fingerprint density at radius 1 is 1.20 bits per heavy atom. The summed E-state index contributed by atoms with van der Waals surface area (Å²) in [6.07, 6.45) is 1.60. The molecule has 0 aliphatic heterocycles. The van der Waals surface area contributed by atoms with Crippen LogP contribution in [0.4, 0.5) is 0 Å². The van der Waals surface area contributed by atoms with Gasteiger partial charge in [0.15, 0.2) is 0 Å². The predicted molar refractivity (Wildman–Crippen MR) is 61.5 cm³/mol. The van der Waals surface area contributed by atoms with Gasteiger partial charge in [-0.2, -0.15) is 0 Å². The highest BCUT2D eigenvalue weighted by Gasteiger charge is 1.99. The van der Waals surface area contributed by atoms with Crippen LogP contribution in [0.15, 0.2) is 52.5 Å². The molecule has 76 valence electrons. The first-order valence-corrected chi connectivity index (χ1v) is 5.52. The van der Waals surface area contributed by atoms with Crippen molar-refractivity contribution >= 4 is 23.4 Å². The molecule has 0 unspecified atom stereocenters. The number of aromatic nitrogens is 1. The SMILES string of the molecule is Oc1cccc(Sc2ccc(Cl)cn2)c1. The number of hydrogen-bond donors (Lipinski definition) is 1. The van der Waals surface area contributed by atoms with Crippen molar-refractivity contribution < 1.29 is 5.11 Å². The summed E-state index contributed by atoms with van der Waals surface area (Å²) >= 11 is 7.21. The number of phenolic OH excluding ortho intramolecular Hbond substituents is 1. The second-order valence-corrected chi connectivity index (χ2v) is 4.44. The Balaban J connectivity index is 2.18. The summed E-state index contributed by atoms with van der Waals surface area (Å²) in [6, 6.07) is 10.7. The Morgan fingerprint density at radius 2 is 2.07 bits per heavy atom. The number of benzene rings is 1. The standard InChI is InChI=1S/C11H8ClNOS/c12-8-4-5-11(13-7-8)15-10-3-1-2-9(14)6-10/h1-7,14H. The lowest BCUT2D eigenvalue weighted by Crippen LogP contribution is -1.78. The van der Waals surface area contributed by atoms with E-state index < -0.39 is 0 Å². The van der Waals surface area contributed by atoms with Gasteiger partial charge in [0.25, 0.3) is 0 Å². The molecule has 0 aliphatic rings. The fourth-order valence-corrected chi connectivity index (χ4v) is 2.01. The summed E-state index contributed by atoms with van der Waals surface area (Å²) in [5.41, 5.74) is 0. The zero-order chi connectivity index (χ0) is 10.7. The van der Waals surface area contributed by atoms with E-state index in [-0.39, 0.29) is 5.75 Å². The van der Waals surface area contributed by atoms with Gasteiger partial charge in [-0.3, -0.25) is 0 Å². The Morgan fingerprint density at radius 3 is 2.73 bits per heavy atom. The third kappa shape index (κ3) is 2.88. The van der Waals surface area contributed by atoms with Gasteiger partial charge >= 0.3 is 0 Å². The van der Waals surface area contributed by atoms with Crippen LogP contribution in [0.25, 0.3) is 0 Å². The van der Waals surface area contributed by atoms with Gasteiger partial charge in [-0.15, -0.1) is 0 Å². The van der Waals surface area contributed by atoms with Gasteiger partial charge in [0.1, 0.15) is 10.8 Å². The number of hydrogen-bond acceptors (Lipinski definition) is 3. The number of phenols is 1. The molecule has 2 nitrogen and oxygen atoms in total. The first-order chi connectivity index (χ1) is 7.24. The van der Waals surface area contributed by atoms with Crippen LogP contribution in [0.5, 0.6) is 5.75 Å². The minimum atomic E-state index is 0.258. The van der Waals surface area contributed by atoms with E-state index in [9.17, 15) is 5.11 Å². The molecule has 0 saturated carbocycles. The fourth-order valence-electron chi connectivity index (χ4n) is 1.09. The highest BCUT2D eigenvalue weighted by Crippen LogP contribution is 2.28. The Hall–Kier alpha value is -1.19. The average Bonchev–Trinajstić information content (AvgIpc) is 2.22. The predicted octanol–water partition coefficient (Wildman–Crippen LogP) is 3.59. The van der Waals surface area contributed by atoms with E-state index in [0.717, 1.165) is 9.92 Å². The molecule has 4 heteroatoms. The first-order valence-electron chi connectivity index (χ1n) is 4.32. The fraction of sp³-hybridized carbons (Fsp3) is 0. The topological polar surface area (TPSA) is 33.1 Å². The molecule has 0 aliphatic carbocycles. The van der Waals surface area contributed by atoms with E-state index in [0.29, 0.717) is 5.02 Å². The molecular formula is C11H8ClNOS. The summed E-state index contributed by atoms with van der Waals surface area (Å²) in [6.45, 7) is 0. The minimum Gasteiger partial charge on any atom is -0.508 e. The van der Waals surface area contributed by atoms with E-state index in [2.05, 4.69) is 4.98 Å². The quantitative estimate of drug-likeness (QED) is 0.867. The monoisotopic (exact) mass is 237 g/mol. The van der Waals surface area contributed by atoms with Crippen molar-refractivity contribution in [2.24, 2.45) is 0 Å². The third-order valence-corrected chi connectivity index (χ3v) is 2.90. The van der Waals surface area contributed by atoms with Crippen LogP contribution in [-0.4, -0.2) is 10.1 Å². The van der Waals surface area contributed by atoms with Crippen LogP contribution in [0.2, 0.25) is 5.02 Å². The summed E-state index contributed by atoms with van der Waals surface area (Å²) in [7, 11) is 0. The maximum absolute atomic E-state index is 9.28. The molecule has 0 fully saturated rings. The van der Waals surface area contributed by atoms with Crippen LogP contribution in [0.3, 0.4) is 0 Å². The van der Waals surface area contributed by atoms with Gasteiger partial charge in [-0.1, -0.05) is 29.4 Å². The van der Waals surface area contributed by atoms with E-state index in [1.165, 1.54) is 11.8 Å². The van der Waals surface area contributed by atoms with Crippen molar-refractivity contribution in [3.8, 4) is 5.75 Å². The first kappa shape index (κ1) is 10.3. The highest BCUT2D eigenvalue weighted by molar-refractivity contribution is 7.99. The zero-order valence-corrected chi connectivity index (χ0v) is 9.29. The van der Waals surface area contributed by atoms with Crippen molar-refractivity contribution in [2.45, 2.75) is 9.92 Å². The summed E-state index contributed by atoms with van der Waals surface area (Å²) in [4.78, 5) is 5.10. The lowest BCUT2D eigenvalue weighted by Gasteiger charge is -2.00. The van der Waals surface area contributed by atoms with Gasteiger partial charge in [0.05, 0.1) is 5.02 Å². The number of pyridine rings is 1. The van der Waals surface area contributed by atoms with Crippen molar-refractivity contribution in [1.82, 2.24) is 4.98 Å². The van der Waals surface area contributed by atoms with Gasteiger partial charge in [-0.05, 0) is 30.3 Å². The zero-order valence-electron chi connectivity index (χ0n) is 7.72. The van der Waals surface area contributed by atoms with Gasteiger partial charge in [0, 0.05) is 11.1 Å². The Kier molecular flexibility index (Phi) is 3.14. The molecule has 2 aromatic rings. The lowest BCUT2D eigenvalue weighted by molar-refractivity contribution is 0.474. The smallest absolute Gasteiger partial charge is 0.116 e. The molecule has 0 bridgehead atoms. The van der Waals surface area contributed by atoms with Crippen LogP contribution < -0.4 is 0 Å². The molecule has 0 atom stereocenters. The Labute approximate surface area is 96.9 Å². The molecule has 0 saturated heterocycles. The minimum absolute atomic E-state index is 0.258. The van der Waals surface area contributed by atoms with Crippen molar-refractivity contribution in [3.05, 3.63) is 47.6 Å². The average molecular weight is 238 g/mol. The maximum Gasteiger partial charge on any atom is 0.116 e. The number of aromatic hydroxyl groups is 1. The Bertz CT molecular complexity index is 458. The molecule has 1 N–H and O–H groups in total. The molecule has 1 aromatic carbocycles. The summed E-state index contributed by atoms with van der Waals surface area (Å²) < 4.78 is 0. The second-order valence-electron chi connectivity index (χ2n) is 2.91. The molecule has 2 rings (SSSR count).